The Bertz CT molecular complexity index is 1210. The molecule has 9 nitrogen and oxygen atoms in total. The molecule has 2 heterocycles. The van der Waals surface area contributed by atoms with Gasteiger partial charge in [-0.2, -0.15) is 10.2 Å². The van der Waals surface area contributed by atoms with Gasteiger partial charge in [-0.25, -0.2) is 8.78 Å². The van der Waals surface area contributed by atoms with Gasteiger partial charge in [-0.1, -0.05) is 0 Å². The number of hydrogen-bond donors (Lipinski definition) is 2. The molecule has 0 atom stereocenters. The fraction of sp³-hybridized carbons (Fsp3) is 0.375. The van der Waals surface area contributed by atoms with E-state index in [1.165, 1.54) is 23.4 Å². The van der Waals surface area contributed by atoms with Crippen LogP contribution in [-0.4, -0.2) is 54.2 Å². The lowest BCUT2D eigenvalue weighted by atomic mass is 9.86. The Balaban J connectivity index is 1.58. The predicted octanol–water partition coefficient (Wildman–Crippen LogP) is 3.53. The molecule has 11 heteroatoms. The van der Waals surface area contributed by atoms with Crippen molar-refractivity contribution in [2.45, 2.75) is 45.2 Å². The van der Waals surface area contributed by atoms with Crippen molar-refractivity contribution in [3.8, 4) is 0 Å². The number of carbonyl (C=O) groups is 3. The van der Waals surface area contributed by atoms with Crippen LogP contribution in [0.15, 0.2) is 36.7 Å². The SMILES string of the molecule is Cc1c(C(=O)N(CC(=O)c2ccn[nH]2)Cc2cc(F)cc(F)c2)cnn1C1CCC(C(=O)O)CC1. The van der Waals surface area contributed by atoms with Crippen molar-refractivity contribution in [2.24, 2.45) is 5.92 Å². The quantitative estimate of drug-likeness (QED) is 0.471. The van der Waals surface area contributed by atoms with Gasteiger partial charge in [0.05, 0.1) is 30.3 Å². The van der Waals surface area contributed by atoms with Crippen molar-refractivity contribution in [1.29, 1.82) is 0 Å². The van der Waals surface area contributed by atoms with E-state index in [4.69, 9.17) is 0 Å². The summed E-state index contributed by atoms with van der Waals surface area (Å²) in [7, 11) is 0. The van der Waals surface area contributed by atoms with E-state index in [0.29, 0.717) is 31.4 Å². The lowest BCUT2D eigenvalue weighted by Gasteiger charge is -2.27. The number of rotatable bonds is 8. The van der Waals surface area contributed by atoms with Crippen LogP contribution in [-0.2, 0) is 11.3 Å². The van der Waals surface area contributed by atoms with Crippen LogP contribution in [0.4, 0.5) is 8.78 Å². The molecule has 1 amide bonds. The second-order valence-corrected chi connectivity index (χ2v) is 8.76. The molecule has 1 aromatic carbocycles. The molecule has 184 valence electrons. The fourth-order valence-electron chi connectivity index (χ4n) is 4.53. The van der Waals surface area contributed by atoms with Crippen LogP contribution in [0.3, 0.4) is 0 Å². The number of Topliss-reactive ketones (excluding diaryl/α,β-unsaturated/α-hetero) is 1. The minimum Gasteiger partial charge on any atom is -0.481 e. The maximum atomic E-state index is 13.8. The summed E-state index contributed by atoms with van der Waals surface area (Å²) in [6.07, 6.45) is 5.13. The molecule has 0 spiro atoms. The molecule has 0 unspecified atom stereocenters. The molecule has 4 rings (SSSR count). The van der Waals surface area contributed by atoms with Gasteiger partial charge in [0.25, 0.3) is 5.91 Å². The molecule has 0 saturated heterocycles. The first-order valence-electron chi connectivity index (χ1n) is 11.3. The summed E-state index contributed by atoms with van der Waals surface area (Å²) in [6.45, 7) is 1.20. The number of benzene rings is 1. The minimum absolute atomic E-state index is 0.0375. The number of H-pyrrole nitrogens is 1. The summed E-state index contributed by atoms with van der Waals surface area (Å²) in [5.41, 5.74) is 1.25. The predicted molar refractivity (Wildman–Crippen MR) is 120 cm³/mol. The lowest BCUT2D eigenvalue weighted by molar-refractivity contribution is -0.143. The Hall–Kier alpha value is -3.89. The van der Waals surface area contributed by atoms with E-state index in [0.717, 1.165) is 18.2 Å². The van der Waals surface area contributed by atoms with Gasteiger partial charge < -0.3 is 10.0 Å². The summed E-state index contributed by atoms with van der Waals surface area (Å²) in [6, 6.07) is 4.40. The Kier molecular flexibility index (Phi) is 7.04. The molecule has 35 heavy (non-hydrogen) atoms. The van der Waals surface area contributed by atoms with Gasteiger partial charge in [0.2, 0.25) is 0 Å². The van der Waals surface area contributed by atoms with Crippen molar-refractivity contribution in [1.82, 2.24) is 24.9 Å². The van der Waals surface area contributed by atoms with E-state index in [1.54, 1.807) is 11.6 Å². The van der Waals surface area contributed by atoms with Crippen LogP contribution in [0.25, 0.3) is 0 Å². The Morgan fingerprint density at radius 3 is 2.43 bits per heavy atom. The third-order valence-corrected chi connectivity index (χ3v) is 6.39. The molecule has 1 saturated carbocycles. The summed E-state index contributed by atoms with van der Waals surface area (Å²) < 4.78 is 29.3. The molecule has 2 aromatic heterocycles. The first-order chi connectivity index (χ1) is 16.7. The Morgan fingerprint density at radius 1 is 1.14 bits per heavy atom. The largest absolute Gasteiger partial charge is 0.481 e. The topological polar surface area (TPSA) is 121 Å². The third kappa shape index (κ3) is 5.44. The maximum absolute atomic E-state index is 13.8. The Morgan fingerprint density at radius 2 is 1.83 bits per heavy atom. The molecule has 3 aromatic rings. The highest BCUT2D eigenvalue weighted by Crippen LogP contribution is 2.33. The van der Waals surface area contributed by atoms with Crippen molar-refractivity contribution < 1.29 is 28.3 Å². The highest BCUT2D eigenvalue weighted by Gasteiger charge is 2.30. The molecular formula is C24H25F2N5O4. The first-order valence-corrected chi connectivity index (χ1v) is 11.3. The summed E-state index contributed by atoms with van der Waals surface area (Å²) >= 11 is 0. The van der Waals surface area contributed by atoms with Gasteiger partial charge in [-0.15, -0.1) is 0 Å². The molecule has 0 bridgehead atoms. The van der Waals surface area contributed by atoms with Crippen molar-refractivity contribution in [3.05, 3.63) is 70.8 Å². The van der Waals surface area contributed by atoms with Crippen molar-refractivity contribution >= 4 is 17.7 Å². The highest BCUT2D eigenvalue weighted by molar-refractivity contribution is 6.01. The molecule has 1 aliphatic carbocycles. The van der Waals surface area contributed by atoms with Crippen LogP contribution in [0, 0.1) is 24.5 Å². The number of carboxylic acids is 1. The monoisotopic (exact) mass is 485 g/mol. The standard InChI is InChI=1S/C24H25F2N5O4/c1-14-20(11-28-31(14)19-4-2-16(3-5-19)24(34)35)23(33)30(13-22(32)21-6-7-27-29-21)12-15-8-17(25)10-18(26)9-15/h6-11,16,19H,2-5,12-13H2,1H3,(H,27,29)(H,34,35). The van der Waals surface area contributed by atoms with Crippen LogP contribution in [0.1, 0.15) is 63.8 Å². The van der Waals surface area contributed by atoms with Gasteiger partial charge in [-0.05, 0) is 56.4 Å². The van der Waals surface area contributed by atoms with Crippen molar-refractivity contribution in [2.75, 3.05) is 6.54 Å². The number of amides is 1. The lowest BCUT2D eigenvalue weighted by Crippen LogP contribution is -2.36. The third-order valence-electron chi connectivity index (χ3n) is 6.39. The van der Waals surface area contributed by atoms with E-state index in [-0.39, 0.29) is 41.9 Å². The van der Waals surface area contributed by atoms with E-state index in [2.05, 4.69) is 15.3 Å². The maximum Gasteiger partial charge on any atom is 0.306 e. The number of nitrogens with zero attached hydrogens (tertiary/aromatic N) is 4. The van der Waals surface area contributed by atoms with Gasteiger partial charge >= 0.3 is 5.97 Å². The van der Waals surface area contributed by atoms with E-state index in [1.807, 2.05) is 0 Å². The van der Waals surface area contributed by atoms with Crippen molar-refractivity contribution in [3.63, 3.8) is 0 Å². The second-order valence-electron chi connectivity index (χ2n) is 8.76. The number of aliphatic carboxylic acids is 1. The number of aromatic nitrogens is 4. The first kappa shape index (κ1) is 24.2. The summed E-state index contributed by atoms with van der Waals surface area (Å²) in [5.74, 6) is -3.67. The van der Waals surface area contributed by atoms with Gasteiger partial charge in [-0.3, -0.25) is 24.2 Å². The van der Waals surface area contributed by atoms with Crippen LogP contribution < -0.4 is 0 Å². The second kappa shape index (κ2) is 10.2. The van der Waals surface area contributed by atoms with Gasteiger partial charge in [0.15, 0.2) is 5.78 Å². The van der Waals surface area contributed by atoms with Gasteiger partial charge in [0, 0.05) is 24.5 Å². The number of hydrogen-bond acceptors (Lipinski definition) is 5. The minimum atomic E-state index is -0.803. The van der Waals surface area contributed by atoms with Gasteiger partial charge in [0.1, 0.15) is 17.3 Å². The average Bonchev–Trinajstić information content (AvgIpc) is 3.48. The average molecular weight is 485 g/mol. The zero-order valence-electron chi connectivity index (χ0n) is 19.1. The molecule has 1 fully saturated rings. The van der Waals surface area contributed by atoms with Crippen LogP contribution in [0.5, 0.6) is 0 Å². The highest BCUT2D eigenvalue weighted by atomic mass is 19.1. The normalized spacial score (nSPS) is 17.8. The molecule has 0 aliphatic heterocycles. The van der Waals surface area contributed by atoms with E-state index in [9.17, 15) is 28.3 Å². The van der Waals surface area contributed by atoms with Crippen LogP contribution >= 0.6 is 0 Å². The smallest absolute Gasteiger partial charge is 0.306 e. The molecule has 2 N–H and O–H groups in total. The Labute approximate surface area is 199 Å². The van der Waals surface area contributed by atoms with E-state index < -0.39 is 29.3 Å². The summed E-state index contributed by atoms with van der Waals surface area (Å²) in [5, 5.41) is 19.9. The zero-order chi connectivity index (χ0) is 25.1. The van der Waals surface area contributed by atoms with Crippen LogP contribution in [0.2, 0.25) is 0 Å². The molecular weight excluding hydrogens is 460 g/mol. The number of halogens is 2. The number of carbonyl (C=O) groups excluding carboxylic acids is 2. The molecule has 0 radical (unpaired) electrons. The number of aromatic amines is 1. The number of nitrogens with one attached hydrogen (secondary N) is 1. The molecule has 1 aliphatic rings. The number of carboxylic acid groups (broad SMARTS) is 1. The zero-order valence-corrected chi connectivity index (χ0v) is 19.1. The number of ketones is 1. The fourth-order valence-corrected chi connectivity index (χ4v) is 4.53. The van der Waals surface area contributed by atoms with E-state index >= 15 is 0 Å². The summed E-state index contributed by atoms with van der Waals surface area (Å²) in [4.78, 5) is 38.7.